The highest BCUT2D eigenvalue weighted by Gasteiger charge is 2.25. The fraction of sp³-hybridized carbons (Fsp3) is 0.231. The van der Waals surface area contributed by atoms with Crippen LogP contribution < -0.4 is 5.32 Å². The van der Waals surface area contributed by atoms with E-state index in [9.17, 15) is 9.18 Å². The molecule has 4 nitrogen and oxygen atoms in total. The lowest BCUT2D eigenvalue weighted by Crippen LogP contribution is -2.25. The van der Waals surface area contributed by atoms with Crippen molar-refractivity contribution in [2.45, 2.75) is 18.9 Å². The highest BCUT2D eigenvalue weighted by Crippen LogP contribution is 2.23. The number of halogens is 1. The second kappa shape index (κ2) is 4.25. The number of aromatic nitrogens is 2. The van der Waals surface area contributed by atoms with Crippen molar-refractivity contribution in [2.24, 2.45) is 0 Å². The number of benzene rings is 1. The van der Waals surface area contributed by atoms with Gasteiger partial charge in [-0.1, -0.05) is 0 Å². The van der Waals surface area contributed by atoms with Crippen LogP contribution in [0, 0.1) is 5.82 Å². The van der Waals surface area contributed by atoms with Crippen LogP contribution in [0.15, 0.2) is 30.5 Å². The lowest BCUT2D eigenvalue weighted by Gasteiger charge is -2.04. The van der Waals surface area contributed by atoms with E-state index in [0.717, 1.165) is 18.4 Å². The molecule has 1 heterocycles. The number of aromatic amines is 1. The number of nitrogens with zero attached hydrogens (tertiary/aromatic N) is 1. The quantitative estimate of drug-likeness (QED) is 0.870. The first-order chi connectivity index (χ1) is 8.74. The molecule has 3 rings (SSSR count). The molecule has 0 atom stereocenters. The molecule has 1 aliphatic rings. The fourth-order valence-electron chi connectivity index (χ4n) is 1.79. The molecular weight excluding hydrogens is 233 g/mol. The Bertz CT molecular complexity index is 572. The summed E-state index contributed by atoms with van der Waals surface area (Å²) in [5, 5.41) is 9.58. The Labute approximate surface area is 103 Å². The molecule has 92 valence electrons. The van der Waals surface area contributed by atoms with Crippen LogP contribution in [0.25, 0.3) is 11.3 Å². The minimum Gasteiger partial charge on any atom is -0.349 e. The standard InChI is InChI=1S/C13H12FN3O/c14-9-3-1-8(2-4-9)12-11(7-15-17-12)13(18)16-10-5-6-10/h1-4,7,10H,5-6H2,(H,15,17)(H,16,18). The van der Waals surface area contributed by atoms with Gasteiger partial charge in [0.25, 0.3) is 5.91 Å². The topological polar surface area (TPSA) is 57.8 Å². The van der Waals surface area contributed by atoms with Gasteiger partial charge in [0.2, 0.25) is 0 Å². The summed E-state index contributed by atoms with van der Waals surface area (Å²) in [7, 11) is 0. The Balaban J connectivity index is 1.90. The minimum atomic E-state index is -0.303. The molecule has 1 fully saturated rings. The predicted molar refractivity (Wildman–Crippen MR) is 64.5 cm³/mol. The van der Waals surface area contributed by atoms with Crippen molar-refractivity contribution < 1.29 is 9.18 Å². The molecular formula is C13H12FN3O. The van der Waals surface area contributed by atoms with Gasteiger partial charge < -0.3 is 5.32 Å². The molecule has 2 aromatic rings. The van der Waals surface area contributed by atoms with Crippen LogP contribution in [0.2, 0.25) is 0 Å². The van der Waals surface area contributed by atoms with Gasteiger partial charge >= 0.3 is 0 Å². The Hall–Kier alpha value is -2.17. The van der Waals surface area contributed by atoms with Crippen LogP contribution in [0.3, 0.4) is 0 Å². The average Bonchev–Trinajstić information content (AvgIpc) is 3.04. The number of carbonyl (C=O) groups is 1. The van der Waals surface area contributed by atoms with E-state index in [4.69, 9.17) is 0 Å². The van der Waals surface area contributed by atoms with E-state index in [1.54, 1.807) is 12.1 Å². The van der Waals surface area contributed by atoms with Gasteiger partial charge in [-0.3, -0.25) is 9.89 Å². The second-order valence-electron chi connectivity index (χ2n) is 4.41. The average molecular weight is 245 g/mol. The maximum absolute atomic E-state index is 12.9. The molecule has 1 aliphatic carbocycles. The third-order valence-electron chi connectivity index (χ3n) is 2.93. The number of carbonyl (C=O) groups excluding carboxylic acids is 1. The van der Waals surface area contributed by atoms with Gasteiger partial charge in [-0.2, -0.15) is 5.10 Å². The number of H-pyrrole nitrogens is 1. The van der Waals surface area contributed by atoms with E-state index in [1.165, 1.54) is 18.3 Å². The smallest absolute Gasteiger partial charge is 0.255 e. The number of nitrogens with one attached hydrogen (secondary N) is 2. The first-order valence-electron chi connectivity index (χ1n) is 5.84. The van der Waals surface area contributed by atoms with E-state index in [1.807, 2.05) is 0 Å². The van der Waals surface area contributed by atoms with Crippen LogP contribution in [0.4, 0.5) is 4.39 Å². The molecule has 5 heteroatoms. The summed E-state index contributed by atoms with van der Waals surface area (Å²) < 4.78 is 12.9. The molecule has 1 saturated carbocycles. The summed E-state index contributed by atoms with van der Waals surface area (Å²) in [6.07, 6.45) is 3.57. The van der Waals surface area contributed by atoms with Crippen LogP contribution in [-0.2, 0) is 0 Å². The SMILES string of the molecule is O=C(NC1CC1)c1cn[nH]c1-c1ccc(F)cc1. The molecule has 0 saturated heterocycles. The van der Waals surface area contributed by atoms with E-state index in [2.05, 4.69) is 15.5 Å². The van der Waals surface area contributed by atoms with Crippen LogP contribution in [-0.4, -0.2) is 22.1 Å². The Morgan fingerprint density at radius 2 is 2.06 bits per heavy atom. The van der Waals surface area contributed by atoms with Crippen LogP contribution in [0.5, 0.6) is 0 Å². The summed E-state index contributed by atoms with van der Waals surface area (Å²) in [6.45, 7) is 0. The lowest BCUT2D eigenvalue weighted by molar-refractivity contribution is 0.0952. The molecule has 0 aliphatic heterocycles. The van der Waals surface area contributed by atoms with E-state index < -0.39 is 0 Å². The van der Waals surface area contributed by atoms with Crippen molar-refractivity contribution in [1.29, 1.82) is 0 Å². The predicted octanol–water partition coefficient (Wildman–Crippen LogP) is 2.11. The van der Waals surface area contributed by atoms with E-state index in [0.29, 0.717) is 17.3 Å². The minimum absolute atomic E-state index is 0.134. The Kier molecular flexibility index (Phi) is 2.59. The largest absolute Gasteiger partial charge is 0.349 e. The second-order valence-corrected chi connectivity index (χ2v) is 4.41. The fourth-order valence-corrected chi connectivity index (χ4v) is 1.79. The van der Waals surface area contributed by atoms with Gasteiger partial charge in [-0.25, -0.2) is 4.39 Å². The first kappa shape index (κ1) is 11.0. The summed E-state index contributed by atoms with van der Waals surface area (Å²) in [5.41, 5.74) is 1.86. The van der Waals surface area contributed by atoms with Gasteiger partial charge in [-0.05, 0) is 37.1 Å². The molecule has 0 unspecified atom stereocenters. The Morgan fingerprint density at radius 3 is 2.72 bits per heavy atom. The highest BCUT2D eigenvalue weighted by molar-refractivity contribution is 6.00. The monoisotopic (exact) mass is 245 g/mol. The third-order valence-corrected chi connectivity index (χ3v) is 2.93. The molecule has 0 radical (unpaired) electrons. The number of amides is 1. The molecule has 1 aromatic heterocycles. The zero-order valence-corrected chi connectivity index (χ0v) is 9.61. The highest BCUT2D eigenvalue weighted by atomic mass is 19.1. The van der Waals surface area contributed by atoms with Gasteiger partial charge in [-0.15, -0.1) is 0 Å². The third kappa shape index (κ3) is 2.11. The molecule has 1 aromatic carbocycles. The van der Waals surface area contributed by atoms with Crippen molar-refractivity contribution in [3.05, 3.63) is 41.8 Å². The van der Waals surface area contributed by atoms with Crippen molar-refractivity contribution in [2.75, 3.05) is 0 Å². The summed E-state index contributed by atoms with van der Waals surface area (Å²) >= 11 is 0. The zero-order chi connectivity index (χ0) is 12.5. The van der Waals surface area contributed by atoms with Crippen molar-refractivity contribution in [3.8, 4) is 11.3 Å². The van der Waals surface area contributed by atoms with Crippen LogP contribution >= 0.6 is 0 Å². The summed E-state index contributed by atoms with van der Waals surface area (Å²) in [5.74, 6) is -0.437. The van der Waals surface area contributed by atoms with Crippen molar-refractivity contribution >= 4 is 5.91 Å². The van der Waals surface area contributed by atoms with E-state index >= 15 is 0 Å². The van der Waals surface area contributed by atoms with Gasteiger partial charge in [0.05, 0.1) is 17.5 Å². The molecule has 18 heavy (non-hydrogen) atoms. The van der Waals surface area contributed by atoms with Gasteiger partial charge in [0, 0.05) is 11.6 Å². The maximum Gasteiger partial charge on any atom is 0.255 e. The van der Waals surface area contributed by atoms with Gasteiger partial charge in [0.15, 0.2) is 0 Å². The van der Waals surface area contributed by atoms with Crippen LogP contribution in [0.1, 0.15) is 23.2 Å². The lowest BCUT2D eigenvalue weighted by atomic mass is 10.1. The normalized spacial score (nSPS) is 14.5. The number of hydrogen-bond acceptors (Lipinski definition) is 2. The summed E-state index contributed by atoms with van der Waals surface area (Å²) in [6, 6.07) is 6.26. The zero-order valence-electron chi connectivity index (χ0n) is 9.61. The van der Waals surface area contributed by atoms with Gasteiger partial charge in [0.1, 0.15) is 5.82 Å². The number of hydrogen-bond donors (Lipinski definition) is 2. The molecule has 0 bridgehead atoms. The number of rotatable bonds is 3. The summed E-state index contributed by atoms with van der Waals surface area (Å²) in [4.78, 5) is 12.0. The van der Waals surface area contributed by atoms with Crippen molar-refractivity contribution in [1.82, 2.24) is 15.5 Å². The Morgan fingerprint density at radius 1 is 1.33 bits per heavy atom. The maximum atomic E-state index is 12.9. The first-order valence-corrected chi connectivity index (χ1v) is 5.84. The molecule has 2 N–H and O–H groups in total. The van der Waals surface area contributed by atoms with Crippen molar-refractivity contribution in [3.63, 3.8) is 0 Å². The molecule has 1 amide bonds. The van der Waals surface area contributed by atoms with E-state index in [-0.39, 0.29) is 11.7 Å². The molecule has 0 spiro atoms.